The number of aromatic nitrogens is 1. The summed E-state index contributed by atoms with van der Waals surface area (Å²) in [4.78, 5) is 31.7. The molecule has 1 aliphatic carbocycles. The third-order valence-corrected chi connectivity index (χ3v) is 11.4. The highest BCUT2D eigenvalue weighted by Crippen LogP contribution is 2.38. The van der Waals surface area contributed by atoms with Crippen LogP contribution < -0.4 is 19.1 Å². The van der Waals surface area contributed by atoms with Gasteiger partial charge < -0.3 is 29.1 Å². The molecule has 8 rings (SSSR count). The van der Waals surface area contributed by atoms with Crippen molar-refractivity contribution in [2.24, 2.45) is 11.8 Å². The minimum Gasteiger partial charge on any atom is -0.619 e. The van der Waals surface area contributed by atoms with Crippen LogP contribution in [0.2, 0.25) is 10.0 Å². The molecule has 3 saturated heterocycles. The first-order chi connectivity index (χ1) is 27.0. The van der Waals surface area contributed by atoms with Gasteiger partial charge in [0.05, 0.1) is 13.0 Å². The zero-order valence-corrected chi connectivity index (χ0v) is 32.3. The van der Waals surface area contributed by atoms with Crippen molar-refractivity contribution in [3.05, 3.63) is 123 Å². The Bertz CT molecular complexity index is 1970. The number of piperidine rings is 3. The normalized spacial score (nSPS) is 19.9. The zero-order chi connectivity index (χ0) is 39.3. The molecular formula is C42H43Cl2F2N3O7. The number of rotatable bonds is 16. The van der Waals surface area contributed by atoms with Gasteiger partial charge in [0.15, 0.2) is 29.9 Å². The van der Waals surface area contributed by atoms with Gasteiger partial charge in [-0.05, 0) is 91.6 Å². The Labute approximate surface area is 334 Å². The van der Waals surface area contributed by atoms with E-state index in [1.165, 1.54) is 18.2 Å². The number of ether oxygens (including phenoxy) is 4. The van der Waals surface area contributed by atoms with Crippen molar-refractivity contribution in [3.63, 3.8) is 0 Å². The first-order valence-electron chi connectivity index (χ1n) is 18.8. The Hall–Kier alpha value is -4.65. The molecule has 10 nitrogen and oxygen atoms in total. The number of esters is 2. The number of halogens is 4. The maximum atomic E-state index is 13.9. The number of likely N-dealkylation sites (N-methyl/N-ethyl adjacent to an activating group) is 1. The van der Waals surface area contributed by atoms with Gasteiger partial charge in [-0.25, -0.2) is 4.79 Å². The molecule has 3 atom stereocenters. The summed E-state index contributed by atoms with van der Waals surface area (Å²) in [7, 11) is 1.84. The van der Waals surface area contributed by atoms with E-state index in [9.17, 15) is 23.6 Å². The van der Waals surface area contributed by atoms with Gasteiger partial charge in [-0.15, -0.1) is 0 Å². The average Bonchev–Trinajstić information content (AvgIpc) is 4.01. The van der Waals surface area contributed by atoms with Crippen LogP contribution in [-0.4, -0.2) is 62.8 Å². The lowest BCUT2D eigenvalue weighted by molar-refractivity contribution is -0.605. The molecule has 1 saturated carbocycles. The Morgan fingerprint density at radius 2 is 1.62 bits per heavy atom. The highest BCUT2D eigenvalue weighted by molar-refractivity contribution is 6.35. The van der Waals surface area contributed by atoms with Gasteiger partial charge in [0.2, 0.25) is 0 Å². The molecule has 0 amide bonds. The molecule has 0 N–H and O–H groups in total. The first kappa shape index (κ1) is 39.6. The maximum absolute atomic E-state index is 13.9. The molecule has 296 valence electrons. The van der Waals surface area contributed by atoms with Crippen LogP contribution in [0.5, 0.6) is 11.5 Å². The molecule has 1 unspecified atom stereocenters. The number of carbonyl (C=O) groups excluding carboxylic acids is 2. The van der Waals surface area contributed by atoms with E-state index in [4.69, 9.17) is 42.1 Å². The minimum atomic E-state index is -3.07. The highest BCUT2D eigenvalue weighted by atomic mass is 35.5. The van der Waals surface area contributed by atoms with Gasteiger partial charge in [-0.2, -0.15) is 13.5 Å². The van der Waals surface area contributed by atoms with Crippen molar-refractivity contribution in [2.45, 2.75) is 63.4 Å². The second kappa shape index (κ2) is 17.7. The Morgan fingerprint density at radius 1 is 0.929 bits per heavy atom. The third kappa shape index (κ3) is 9.83. The van der Waals surface area contributed by atoms with E-state index in [0.717, 1.165) is 69.0 Å². The van der Waals surface area contributed by atoms with Crippen molar-refractivity contribution in [1.82, 2.24) is 4.90 Å². The van der Waals surface area contributed by atoms with Crippen LogP contribution in [0.3, 0.4) is 0 Å². The molecule has 1 aromatic heterocycles. The maximum Gasteiger partial charge on any atom is 0.387 e. The van der Waals surface area contributed by atoms with E-state index in [0.29, 0.717) is 39.9 Å². The second-order valence-corrected chi connectivity index (χ2v) is 15.5. The molecule has 4 heterocycles. The number of hydrogen-bond donors (Lipinski definition) is 0. The first-order valence-corrected chi connectivity index (χ1v) is 19.5. The number of pyridine rings is 1. The van der Waals surface area contributed by atoms with Gasteiger partial charge in [0, 0.05) is 31.3 Å². The smallest absolute Gasteiger partial charge is 0.387 e. The summed E-state index contributed by atoms with van der Waals surface area (Å²) < 4.78 is 49.8. The monoisotopic (exact) mass is 809 g/mol. The largest absolute Gasteiger partial charge is 0.619 e. The molecule has 3 aliphatic heterocycles. The van der Waals surface area contributed by atoms with Crippen molar-refractivity contribution in [2.75, 3.05) is 38.2 Å². The van der Waals surface area contributed by atoms with E-state index in [-0.39, 0.29) is 46.5 Å². The summed E-state index contributed by atoms with van der Waals surface area (Å²) in [5.41, 5.74) is 2.98. The van der Waals surface area contributed by atoms with Crippen LogP contribution in [-0.2, 0) is 31.9 Å². The van der Waals surface area contributed by atoms with E-state index in [2.05, 4.69) is 4.90 Å². The predicted molar refractivity (Wildman–Crippen MR) is 206 cm³/mol. The van der Waals surface area contributed by atoms with Gasteiger partial charge in [0.25, 0.3) is 0 Å². The zero-order valence-electron chi connectivity index (χ0n) is 30.8. The molecule has 4 aromatic rings. The molecule has 4 aliphatic rings. The summed E-state index contributed by atoms with van der Waals surface area (Å²) in [5, 5.41) is 12.1. The highest BCUT2D eigenvalue weighted by Gasteiger charge is 2.39. The molecule has 2 bridgehead atoms. The van der Waals surface area contributed by atoms with Crippen LogP contribution >= 0.6 is 23.2 Å². The molecule has 4 fully saturated rings. The van der Waals surface area contributed by atoms with Gasteiger partial charge in [-0.3, -0.25) is 9.69 Å². The Morgan fingerprint density at radius 3 is 2.25 bits per heavy atom. The van der Waals surface area contributed by atoms with Crippen LogP contribution in [0.25, 0.3) is 0 Å². The SMILES string of the molecule is CN(c1ccc(CC(=O)O[C@@H](Cc2c(Cl)c[n+]([O-])cc2Cl)c2ccc(OC(F)F)c(OCC3CC3)c2)cc1)C(C(=O)O[C@H]1CN2CCC1CC2)c1ccccc1. The van der Waals surface area contributed by atoms with E-state index >= 15 is 0 Å². The topological polar surface area (TPSA) is 104 Å². The number of hydrogen-bond acceptors (Lipinski definition) is 9. The number of anilines is 1. The van der Waals surface area contributed by atoms with Crippen LogP contribution in [0.1, 0.15) is 60.1 Å². The number of nitrogens with zero attached hydrogens (tertiary/aromatic N) is 3. The quantitative estimate of drug-likeness (QED) is 0.0635. The molecule has 56 heavy (non-hydrogen) atoms. The van der Waals surface area contributed by atoms with Gasteiger partial charge >= 0.3 is 18.6 Å². The Kier molecular flexibility index (Phi) is 12.5. The standard InChI is InChI=1S/C42H43Cl2F2N3O7/c1-47(40(29-5-3-2-4-6-29)41(51)55-38-24-48-17-15-28(38)16-18-48)31-12-9-26(10-13-31)19-39(50)54-36(21-32-33(43)22-49(52)23-34(32)44)30-11-14-35(56-42(45)46)37(20-30)53-25-27-7-8-27/h2-6,9-14,20,22-23,27-28,36,38,40,42H,7-8,15-19,21,24-25H2,1H3/t36-,38-,40?/m0/s1. The molecule has 14 heteroatoms. The summed E-state index contributed by atoms with van der Waals surface area (Å²) in [6.45, 7) is 0.0970. The summed E-state index contributed by atoms with van der Waals surface area (Å²) in [5.74, 6) is -0.266. The minimum absolute atomic E-state index is 0.0261. The van der Waals surface area contributed by atoms with E-state index in [1.807, 2.05) is 54.4 Å². The van der Waals surface area contributed by atoms with Gasteiger partial charge in [-0.1, -0.05) is 71.7 Å². The fraction of sp³-hybridized carbons (Fsp3) is 0.405. The average molecular weight is 811 g/mol. The third-order valence-electron chi connectivity index (χ3n) is 10.7. The molecular weight excluding hydrogens is 767 g/mol. The van der Waals surface area contributed by atoms with E-state index < -0.39 is 24.7 Å². The predicted octanol–water partition coefficient (Wildman–Crippen LogP) is 7.90. The van der Waals surface area contributed by atoms with Crippen molar-refractivity contribution < 1.29 is 42.0 Å². The second-order valence-electron chi connectivity index (χ2n) is 14.7. The summed E-state index contributed by atoms with van der Waals surface area (Å²) in [6.07, 6.45) is 5.03. The fourth-order valence-corrected chi connectivity index (χ4v) is 8.04. The summed E-state index contributed by atoms with van der Waals surface area (Å²) >= 11 is 12.8. The van der Waals surface area contributed by atoms with Crippen LogP contribution in [0.4, 0.5) is 14.5 Å². The number of fused-ring (bicyclic) bond motifs is 3. The van der Waals surface area contributed by atoms with Gasteiger partial charge in [0.1, 0.15) is 22.3 Å². The number of benzene rings is 3. The van der Waals surface area contributed by atoms with Crippen molar-refractivity contribution >= 4 is 40.8 Å². The lowest BCUT2D eigenvalue weighted by Crippen LogP contribution is -2.52. The number of carbonyl (C=O) groups is 2. The Balaban J connectivity index is 1.08. The van der Waals surface area contributed by atoms with Crippen LogP contribution in [0, 0.1) is 17.0 Å². The lowest BCUT2D eigenvalue weighted by Gasteiger charge is -2.44. The molecule has 3 aromatic carbocycles. The summed E-state index contributed by atoms with van der Waals surface area (Å²) in [6, 6.07) is 20.4. The molecule has 0 spiro atoms. The van der Waals surface area contributed by atoms with Crippen LogP contribution in [0.15, 0.2) is 85.2 Å². The lowest BCUT2D eigenvalue weighted by atomic mass is 9.86. The van der Waals surface area contributed by atoms with E-state index in [1.54, 1.807) is 12.1 Å². The molecule has 0 radical (unpaired) electrons. The van der Waals surface area contributed by atoms with Crippen molar-refractivity contribution in [1.29, 1.82) is 0 Å². The van der Waals surface area contributed by atoms with Crippen molar-refractivity contribution in [3.8, 4) is 11.5 Å². The number of alkyl halides is 2. The fourth-order valence-electron chi connectivity index (χ4n) is 7.44.